The maximum atomic E-state index is 13.1. The van der Waals surface area contributed by atoms with Crippen LogP contribution in [-0.2, 0) is 10.3 Å². The average molecular weight is 306 g/mol. The van der Waals surface area contributed by atoms with Gasteiger partial charge in [0.05, 0.1) is 12.1 Å². The average Bonchev–Trinajstić information content (AvgIpc) is 3.18. The highest BCUT2D eigenvalue weighted by Crippen LogP contribution is 2.38. The number of hydrogen-bond donors (Lipinski definition) is 2. The van der Waals surface area contributed by atoms with Crippen LogP contribution in [-0.4, -0.2) is 25.8 Å². The Morgan fingerprint density at radius 3 is 2.64 bits per heavy atom. The van der Waals surface area contributed by atoms with E-state index in [1.54, 1.807) is 12.1 Å². The number of nitrogens with one attached hydrogen (secondary N) is 2. The van der Waals surface area contributed by atoms with Crippen LogP contribution in [0.5, 0.6) is 0 Å². The summed E-state index contributed by atoms with van der Waals surface area (Å²) < 4.78 is 18.5. The van der Waals surface area contributed by atoms with Crippen molar-refractivity contribution in [2.75, 3.05) is 19.8 Å². The molecule has 1 atom stereocenters. The highest BCUT2D eigenvalue weighted by atomic mass is 19.1. The molecular weight excluding hydrogens is 283 g/mol. The molecular formula is C17H23FN2O2. The number of rotatable bonds is 4. The molecule has 1 saturated heterocycles. The Hall–Kier alpha value is -1.62. The molecule has 1 aliphatic heterocycles. The van der Waals surface area contributed by atoms with Gasteiger partial charge in [-0.25, -0.2) is 9.18 Å². The first-order chi connectivity index (χ1) is 10.7. The first-order valence-corrected chi connectivity index (χ1v) is 8.08. The van der Waals surface area contributed by atoms with Crippen molar-refractivity contribution in [1.29, 1.82) is 0 Å². The SMILES string of the molecule is O=C(NC[C@@H]1CCOC1)NC1(c2ccc(F)cc2)CCCC1. The third kappa shape index (κ3) is 3.40. The van der Waals surface area contributed by atoms with E-state index in [0.717, 1.165) is 50.9 Å². The molecule has 1 aliphatic carbocycles. The van der Waals surface area contributed by atoms with E-state index >= 15 is 0 Å². The number of urea groups is 1. The summed E-state index contributed by atoms with van der Waals surface area (Å²) in [5.74, 6) is 0.165. The summed E-state index contributed by atoms with van der Waals surface area (Å²) in [7, 11) is 0. The van der Waals surface area contributed by atoms with E-state index in [2.05, 4.69) is 10.6 Å². The third-order valence-electron chi connectivity index (χ3n) is 4.78. The van der Waals surface area contributed by atoms with Gasteiger partial charge in [0.25, 0.3) is 0 Å². The van der Waals surface area contributed by atoms with Gasteiger partial charge in [-0.1, -0.05) is 25.0 Å². The van der Waals surface area contributed by atoms with E-state index in [1.807, 2.05) is 0 Å². The topological polar surface area (TPSA) is 50.4 Å². The summed E-state index contributed by atoms with van der Waals surface area (Å²) in [6.07, 6.45) is 4.96. The predicted molar refractivity (Wildman–Crippen MR) is 82.0 cm³/mol. The number of ether oxygens (including phenoxy) is 1. The van der Waals surface area contributed by atoms with Crippen LogP contribution in [0.15, 0.2) is 24.3 Å². The fourth-order valence-corrected chi connectivity index (χ4v) is 3.48. The second-order valence-electron chi connectivity index (χ2n) is 6.36. The van der Waals surface area contributed by atoms with Crippen LogP contribution in [0.2, 0.25) is 0 Å². The van der Waals surface area contributed by atoms with Crippen molar-refractivity contribution in [3.63, 3.8) is 0 Å². The Kier molecular flexibility index (Phi) is 4.62. The minimum Gasteiger partial charge on any atom is -0.381 e. The van der Waals surface area contributed by atoms with Gasteiger partial charge in [0.1, 0.15) is 5.82 Å². The monoisotopic (exact) mass is 306 g/mol. The number of amides is 2. The molecule has 2 N–H and O–H groups in total. The standard InChI is InChI=1S/C17H23FN2O2/c18-15-5-3-14(4-6-15)17(8-1-2-9-17)20-16(21)19-11-13-7-10-22-12-13/h3-6,13H,1-2,7-12H2,(H2,19,20,21)/t13-/m0/s1. The summed E-state index contributed by atoms with van der Waals surface area (Å²) in [6.45, 7) is 2.15. The summed E-state index contributed by atoms with van der Waals surface area (Å²) in [5, 5.41) is 6.09. The normalized spacial score (nSPS) is 23.4. The molecule has 0 spiro atoms. The Labute approximate surface area is 130 Å². The molecule has 0 unspecified atom stereocenters. The largest absolute Gasteiger partial charge is 0.381 e. The number of carbonyl (C=O) groups excluding carboxylic acids is 1. The van der Waals surface area contributed by atoms with Gasteiger partial charge in [0.15, 0.2) is 0 Å². The van der Waals surface area contributed by atoms with Crippen molar-refractivity contribution >= 4 is 6.03 Å². The maximum Gasteiger partial charge on any atom is 0.315 e. The van der Waals surface area contributed by atoms with Crippen molar-refractivity contribution in [2.24, 2.45) is 5.92 Å². The van der Waals surface area contributed by atoms with E-state index in [1.165, 1.54) is 12.1 Å². The molecule has 1 aromatic rings. The first-order valence-electron chi connectivity index (χ1n) is 8.08. The summed E-state index contributed by atoms with van der Waals surface area (Å²) in [4.78, 5) is 12.3. The van der Waals surface area contributed by atoms with Crippen molar-refractivity contribution < 1.29 is 13.9 Å². The Morgan fingerprint density at radius 2 is 2.00 bits per heavy atom. The van der Waals surface area contributed by atoms with Gasteiger partial charge in [-0.3, -0.25) is 0 Å². The van der Waals surface area contributed by atoms with Crippen LogP contribution in [0.3, 0.4) is 0 Å². The van der Waals surface area contributed by atoms with E-state index in [-0.39, 0.29) is 17.4 Å². The summed E-state index contributed by atoms with van der Waals surface area (Å²) in [5.41, 5.74) is 0.634. The van der Waals surface area contributed by atoms with Crippen molar-refractivity contribution in [1.82, 2.24) is 10.6 Å². The smallest absolute Gasteiger partial charge is 0.315 e. The van der Waals surface area contributed by atoms with Crippen LogP contribution >= 0.6 is 0 Å². The van der Waals surface area contributed by atoms with E-state index in [9.17, 15) is 9.18 Å². The number of halogens is 1. The predicted octanol–water partition coefficient (Wildman–Crippen LogP) is 2.93. The zero-order valence-corrected chi connectivity index (χ0v) is 12.7. The lowest BCUT2D eigenvalue weighted by atomic mass is 9.88. The minimum atomic E-state index is -0.357. The van der Waals surface area contributed by atoms with Gasteiger partial charge >= 0.3 is 6.03 Å². The van der Waals surface area contributed by atoms with E-state index in [4.69, 9.17) is 4.74 Å². The van der Waals surface area contributed by atoms with Crippen LogP contribution in [0.1, 0.15) is 37.7 Å². The Balaban J connectivity index is 1.63. The highest BCUT2D eigenvalue weighted by Gasteiger charge is 2.37. The molecule has 4 nitrogen and oxygen atoms in total. The van der Waals surface area contributed by atoms with Gasteiger partial charge in [-0.05, 0) is 37.0 Å². The highest BCUT2D eigenvalue weighted by molar-refractivity contribution is 5.75. The maximum absolute atomic E-state index is 13.1. The second-order valence-corrected chi connectivity index (χ2v) is 6.36. The lowest BCUT2D eigenvalue weighted by Crippen LogP contribution is -2.49. The van der Waals surface area contributed by atoms with Gasteiger partial charge in [-0.15, -0.1) is 0 Å². The molecule has 2 fully saturated rings. The van der Waals surface area contributed by atoms with Crippen molar-refractivity contribution in [3.05, 3.63) is 35.6 Å². The lowest BCUT2D eigenvalue weighted by molar-refractivity contribution is 0.184. The number of hydrogen-bond acceptors (Lipinski definition) is 2. The number of benzene rings is 1. The quantitative estimate of drug-likeness (QED) is 0.898. The van der Waals surface area contributed by atoms with Gasteiger partial charge in [-0.2, -0.15) is 0 Å². The Bertz CT molecular complexity index is 506. The third-order valence-corrected chi connectivity index (χ3v) is 4.78. The summed E-state index contributed by atoms with van der Waals surface area (Å²) >= 11 is 0. The molecule has 1 aromatic carbocycles. The van der Waals surface area contributed by atoms with Crippen LogP contribution in [0, 0.1) is 11.7 Å². The summed E-state index contributed by atoms with van der Waals surface area (Å²) in [6, 6.07) is 6.35. The van der Waals surface area contributed by atoms with Gasteiger partial charge in [0, 0.05) is 19.1 Å². The van der Waals surface area contributed by atoms with Gasteiger partial charge in [0.2, 0.25) is 0 Å². The number of carbonyl (C=O) groups is 1. The second kappa shape index (κ2) is 6.65. The molecule has 5 heteroatoms. The molecule has 120 valence electrons. The molecule has 0 radical (unpaired) electrons. The van der Waals surface area contributed by atoms with Gasteiger partial charge < -0.3 is 15.4 Å². The molecule has 1 saturated carbocycles. The van der Waals surface area contributed by atoms with Crippen LogP contribution in [0.4, 0.5) is 9.18 Å². The minimum absolute atomic E-state index is 0.141. The van der Waals surface area contributed by atoms with Crippen LogP contribution in [0.25, 0.3) is 0 Å². The molecule has 1 heterocycles. The molecule has 2 amide bonds. The lowest BCUT2D eigenvalue weighted by Gasteiger charge is -2.31. The molecule has 22 heavy (non-hydrogen) atoms. The van der Waals surface area contributed by atoms with Crippen LogP contribution < -0.4 is 10.6 Å². The zero-order chi connectivity index (χ0) is 15.4. The molecule has 0 aromatic heterocycles. The molecule has 0 bridgehead atoms. The van der Waals surface area contributed by atoms with Crippen molar-refractivity contribution in [2.45, 2.75) is 37.6 Å². The molecule has 2 aliphatic rings. The van der Waals surface area contributed by atoms with Crippen molar-refractivity contribution in [3.8, 4) is 0 Å². The molecule has 3 rings (SSSR count). The van der Waals surface area contributed by atoms with E-state index < -0.39 is 0 Å². The first kappa shape index (κ1) is 15.3. The van der Waals surface area contributed by atoms with E-state index in [0.29, 0.717) is 12.5 Å². The fraction of sp³-hybridized carbons (Fsp3) is 0.588. The zero-order valence-electron chi connectivity index (χ0n) is 12.7. The fourth-order valence-electron chi connectivity index (χ4n) is 3.48. The Morgan fingerprint density at radius 1 is 1.27 bits per heavy atom.